The Bertz CT molecular complexity index is 825. The topological polar surface area (TPSA) is 85.1 Å². The second kappa shape index (κ2) is 6.18. The van der Waals surface area contributed by atoms with Crippen LogP contribution in [0.15, 0.2) is 43.0 Å². The molecule has 0 unspecified atom stereocenters. The fraction of sp³-hybridized carbons (Fsp3) is 0.353. The summed E-state index contributed by atoms with van der Waals surface area (Å²) in [6, 6.07) is 10.1. The van der Waals surface area contributed by atoms with Crippen molar-refractivity contribution >= 4 is 17.0 Å². The van der Waals surface area contributed by atoms with Crippen LogP contribution in [0.2, 0.25) is 0 Å². The molecule has 3 aromatic rings. The zero-order valence-corrected chi connectivity index (χ0v) is 13.3. The maximum atomic E-state index is 9.90. The summed E-state index contributed by atoms with van der Waals surface area (Å²) in [5.41, 5.74) is 2.57. The van der Waals surface area contributed by atoms with Gasteiger partial charge < -0.3 is 15.2 Å². The molecule has 2 N–H and O–H groups in total. The molecule has 1 aliphatic rings. The number of nitrogens with one attached hydrogen (secondary N) is 1. The molecule has 0 spiro atoms. The highest BCUT2D eigenvalue weighted by Crippen LogP contribution is 2.31. The van der Waals surface area contributed by atoms with Gasteiger partial charge in [-0.3, -0.25) is 4.57 Å². The van der Waals surface area contributed by atoms with E-state index in [1.807, 2.05) is 29.7 Å². The van der Waals surface area contributed by atoms with Crippen LogP contribution in [0.4, 0.5) is 5.82 Å². The molecule has 7 heteroatoms. The predicted molar refractivity (Wildman–Crippen MR) is 89.3 cm³/mol. The molecule has 3 heterocycles. The van der Waals surface area contributed by atoms with E-state index in [1.165, 1.54) is 11.9 Å². The minimum atomic E-state index is -0.468. The first kappa shape index (κ1) is 15.0. The Morgan fingerprint density at radius 2 is 2.08 bits per heavy atom. The predicted octanol–water partition coefficient (Wildman–Crippen LogP) is 2.11. The normalized spacial score (nSPS) is 23.7. The number of fused-ring (bicyclic) bond motifs is 1. The number of rotatable bonds is 4. The molecular weight excluding hydrogens is 306 g/mol. The van der Waals surface area contributed by atoms with Crippen LogP contribution >= 0.6 is 0 Å². The Balaban J connectivity index is 1.60. The molecule has 1 fully saturated rings. The molecule has 1 saturated heterocycles. The van der Waals surface area contributed by atoms with E-state index in [9.17, 15) is 5.11 Å². The van der Waals surface area contributed by atoms with Gasteiger partial charge in [-0.15, -0.1) is 0 Å². The number of hydrogen-bond acceptors (Lipinski definition) is 6. The van der Waals surface area contributed by atoms with Crippen LogP contribution in [0.1, 0.15) is 25.1 Å². The lowest BCUT2D eigenvalue weighted by Gasteiger charge is -2.12. The van der Waals surface area contributed by atoms with Crippen LogP contribution in [0.5, 0.6) is 0 Å². The number of benzene rings is 1. The van der Waals surface area contributed by atoms with E-state index >= 15 is 0 Å². The van der Waals surface area contributed by atoms with Crippen molar-refractivity contribution in [3.05, 3.63) is 48.5 Å². The van der Waals surface area contributed by atoms with Crippen LogP contribution in [0, 0.1) is 0 Å². The van der Waals surface area contributed by atoms with Crippen molar-refractivity contribution < 1.29 is 9.84 Å². The average Bonchev–Trinajstić information content (AvgIpc) is 3.18. The van der Waals surface area contributed by atoms with Crippen LogP contribution in [-0.2, 0) is 11.3 Å². The number of aliphatic hydroxyl groups is 1. The summed E-state index contributed by atoms with van der Waals surface area (Å²) >= 11 is 0. The summed E-state index contributed by atoms with van der Waals surface area (Å²) in [5, 5.41) is 13.2. The molecule has 0 bridgehead atoms. The highest BCUT2D eigenvalue weighted by molar-refractivity contribution is 5.82. The molecule has 0 amide bonds. The minimum absolute atomic E-state index is 0.190. The summed E-state index contributed by atoms with van der Waals surface area (Å²) < 4.78 is 7.65. The second-order valence-corrected chi connectivity index (χ2v) is 5.98. The van der Waals surface area contributed by atoms with Crippen molar-refractivity contribution in [2.24, 2.45) is 0 Å². The lowest BCUT2D eigenvalue weighted by atomic mass is 10.2. The van der Waals surface area contributed by atoms with Gasteiger partial charge in [0, 0.05) is 13.0 Å². The number of nitrogens with zero attached hydrogens (tertiary/aromatic N) is 4. The Morgan fingerprint density at radius 1 is 1.25 bits per heavy atom. The molecule has 124 valence electrons. The number of aliphatic hydroxyl groups excluding tert-OH is 1. The van der Waals surface area contributed by atoms with E-state index in [4.69, 9.17) is 4.74 Å². The van der Waals surface area contributed by atoms with Gasteiger partial charge in [0.15, 0.2) is 17.0 Å². The number of anilines is 1. The SMILES string of the molecule is C[C@@H]1O[C@@H](n2cnc3c(NCc4ccccc4)ncnc32)C[C@@H]1O. The lowest BCUT2D eigenvalue weighted by Crippen LogP contribution is -2.15. The summed E-state index contributed by atoms with van der Waals surface area (Å²) in [7, 11) is 0. The first-order valence-corrected chi connectivity index (χ1v) is 8.01. The van der Waals surface area contributed by atoms with Gasteiger partial charge in [-0.1, -0.05) is 30.3 Å². The van der Waals surface area contributed by atoms with E-state index < -0.39 is 6.10 Å². The molecule has 4 rings (SSSR count). The first-order chi connectivity index (χ1) is 11.7. The molecule has 0 radical (unpaired) electrons. The highest BCUT2D eigenvalue weighted by atomic mass is 16.5. The van der Waals surface area contributed by atoms with E-state index in [1.54, 1.807) is 6.33 Å². The van der Waals surface area contributed by atoms with Gasteiger partial charge in [0.05, 0.1) is 18.5 Å². The van der Waals surface area contributed by atoms with Gasteiger partial charge in [-0.25, -0.2) is 15.0 Å². The van der Waals surface area contributed by atoms with Gasteiger partial charge in [-0.05, 0) is 12.5 Å². The molecule has 24 heavy (non-hydrogen) atoms. The van der Waals surface area contributed by atoms with Crippen LogP contribution < -0.4 is 5.32 Å². The Morgan fingerprint density at radius 3 is 2.83 bits per heavy atom. The zero-order valence-electron chi connectivity index (χ0n) is 13.3. The number of aromatic nitrogens is 4. The molecule has 0 aliphatic carbocycles. The third-order valence-electron chi connectivity index (χ3n) is 4.33. The number of imidazole rings is 1. The van der Waals surface area contributed by atoms with E-state index in [-0.39, 0.29) is 12.3 Å². The minimum Gasteiger partial charge on any atom is -0.390 e. The smallest absolute Gasteiger partial charge is 0.167 e. The second-order valence-electron chi connectivity index (χ2n) is 5.98. The van der Waals surface area contributed by atoms with Gasteiger partial charge in [0.25, 0.3) is 0 Å². The van der Waals surface area contributed by atoms with Crippen molar-refractivity contribution in [1.82, 2.24) is 19.5 Å². The van der Waals surface area contributed by atoms with Crippen LogP contribution in [0.25, 0.3) is 11.2 Å². The summed E-state index contributed by atoms with van der Waals surface area (Å²) in [4.78, 5) is 13.1. The molecule has 1 aliphatic heterocycles. The van der Waals surface area contributed by atoms with Crippen molar-refractivity contribution in [2.75, 3.05) is 5.32 Å². The Kier molecular flexibility index (Phi) is 3.87. The molecule has 3 atom stereocenters. The number of hydrogen-bond donors (Lipinski definition) is 2. The van der Waals surface area contributed by atoms with Crippen LogP contribution in [0.3, 0.4) is 0 Å². The van der Waals surface area contributed by atoms with E-state index in [2.05, 4.69) is 32.4 Å². The standard InChI is InChI=1S/C17H19N5O2/c1-11-13(23)7-14(24-11)22-10-21-15-16(19-9-20-17(15)22)18-8-12-5-3-2-4-6-12/h2-6,9-11,13-14,23H,7-8H2,1H3,(H,18,19,20)/t11-,13-,14+/m0/s1. The molecule has 0 saturated carbocycles. The van der Waals surface area contributed by atoms with Gasteiger partial charge in [-0.2, -0.15) is 0 Å². The maximum absolute atomic E-state index is 9.90. The fourth-order valence-corrected chi connectivity index (χ4v) is 2.95. The Hall–Kier alpha value is -2.51. The molecule has 1 aromatic carbocycles. The van der Waals surface area contributed by atoms with Gasteiger partial charge in [0.2, 0.25) is 0 Å². The largest absolute Gasteiger partial charge is 0.390 e. The average molecular weight is 325 g/mol. The maximum Gasteiger partial charge on any atom is 0.167 e. The molecule has 7 nitrogen and oxygen atoms in total. The van der Waals surface area contributed by atoms with Crippen LogP contribution in [-0.4, -0.2) is 36.8 Å². The summed E-state index contributed by atoms with van der Waals surface area (Å²) in [5.74, 6) is 0.689. The van der Waals surface area contributed by atoms with Crippen molar-refractivity contribution in [3.63, 3.8) is 0 Å². The summed E-state index contributed by atoms with van der Waals surface area (Å²) in [6.45, 7) is 2.53. The zero-order chi connectivity index (χ0) is 16.5. The molecule has 2 aromatic heterocycles. The number of ether oxygens (including phenoxy) is 1. The van der Waals surface area contributed by atoms with Crippen molar-refractivity contribution in [2.45, 2.75) is 38.3 Å². The van der Waals surface area contributed by atoms with E-state index in [0.29, 0.717) is 29.9 Å². The van der Waals surface area contributed by atoms with Gasteiger partial charge in [0.1, 0.15) is 12.6 Å². The monoisotopic (exact) mass is 325 g/mol. The first-order valence-electron chi connectivity index (χ1n) is 8.01. The fourth-order valence-electron chi connectivity index (χ4n) is 2.95. The molecular formula is C17H19N5O2. The van der Waals surface area contributed by atoms with Crippen molar-refractivity contribution in [1.29, 1.82) is 0 Å². The lowest BCUT2D eigenvalue weighted by molar-refractivity contribution is -0.00632. The van der Waals surface area contributed by atoms with Gasteiger partial charge >= 0.3 is 0 Å². The third-order valence-corrected chi connectivity index (χ3v) is 4.33. The summed E-state index contributed by atoms with van der Waals surface area (Å²) in [6.07, 6.45) is 2.83. The highest BCUT2D eigenvalue weighted by Gasteiger charge is 2.32. The van der Waals surface area contributed by atoms with E-state index in [0.717, 1.165) is 0 Å². The quantitative estimate of drug-likeness (QED) is 0.764. The Labute approximate surface area is 139 Å². The third kappa shape index (κ3) is 2.72. The van der Waals surface area contributed by atoms with Crippen molar-refractivity contribution in [3.8, 4) is 0 Å².